The molecular formula is C15H21N3O4. The van der Waals surface area contributed by atoms with Crippen molar-refractivity contribution >= 4 is 12.0 Å². The Labute approximate surface area is 129 Å². The van der Waals surface area contributed by atoms with Crippen molar-refractivity contribution in [1.29, 1.82) is 0 Å². The van der Waals surface area contributed by atoms with E-state index in [1.165, 1.54) is 12.3 Å². The van der Waals surface area contributed by atoms with Gasteiger partial charge in [-0.1, -0.05) is 0 Å². The van der Waals surface area contributed by atoms with E-state index in [0.717, 1.165) is 0 Å². The second-order valence-electron chi connectivity index (χ2n) is 6.13. The number of aromatic hydroxyl groups is 1. The number of carbonyl (C=O) groups excluding carboxylic acids is 2. The number of aromatic nitrogens is 1. The number of nitrogens with zero attached hydrogens (tertiary/aromatic N) is 3. The number of carbonyl (C=O) groups is 2. The van der Waals surface area contributed by atoms with E-state index in [2.05, 4.69) is 4.98 Å². The minimum atomic E-state index is -0.538. The summed E-state index contributed by atoms with van der Waals surface area (Å²) in [4.78, 5) is 31.3. The molecule has 2 rings (SSSR count). The van der Waals surface area contributed by atoms with Crippen LogP contribution in [-0.4, -0.2) is 63.7 Å². The van der Waals surface area contributed by atoms with Crippen molar-refractivity contribution in [2.45, 2.75) is 26.4 Å². The van der Waals surface area contributed by atoms with Crippen molar-refractivity contribution in [2.75, 3.05) is 26.2 Å². The van der Waals surface area contributed by atoms with Gasteiger partial charge in [0.15, 0.2) is 5.69 Å². The Bertz CT molecular complexity index is 560. The monoisotopic (exact) mass is 307 g/mol. The number of pyridine rings is 1. The van der Waals surface area contributed by atoms with Crippen LogP contribution in [0.2, 0.25) is 0 Å². The van der Waals surface area contributed by atoms with Crippen LogP contribution in [0.25, 0.3) is 0 Å². The van der Waals surface area contributed by atoms with Crippen molar-refractivity contribution in [3.05, 3.63) is 24.0 Å². The molecule has 0 spiro atoms. The van der Waals surface area contributed by atoms with E-state index in [-0.39, 0.29) is 23.4 Å². The largest absolute Gasteiger partial charge is 0.505 e. The van der Waals surface area contributed by atoms with E-state index >= 15 is 0 Å². The average Bonchev–Trinajstić information content (AvgIpc) is 2.45. The van der Waals surface area contributed by atoms with Crippen LogP contribution in [0.4, 0.5) is 4.79 Å². The van der Waals surface area contributed by atoms with Gasteiger partial charge in [-0.05, 0) is 32.9 Å². The van der Waals surface area contributed by atoms with Crippen LogP contribution in [0, 0.1) is 0 Å². The molecule has 1 aromatic rings. The fourth-order valence-corrected chi connectivity index (χ4v) is 2.13. The Morgan fingerprint density at radius 2 is 1.77 bits per heavy atom. The van der Waals surface area contributed by atoms with Crippen molar-refractivity contribution in [2.24, 2.45) is 0 Å². The summed E-state index contributed by atoms with van der Waals surface area (Å²) in [5, 5.41) is 9.68. The van der Waals surface area contributed by atoms with Gasteiger partial charge < -0.3 is 19.6 Å². The Morgan fingerprint density at radius 1 is 1.18 bits per heavy atom. The van der Waals surface area contributed by atoms with Crippen molar-refractivity contribution in [3.63, 3.8) is 0 Å². The lowest BCUT2D eigenvalue weighted by Crippen LogP contribution is -2.51. The molecule has 22 heavy (non-hydrogen) atoms. The van der Waals surface area contributed by atoms with Crippen LogP contribution in [-0.2, 0) is 4.74 Å². The van der Waals surface area contributed by atoms with Crippen LogP contribution >= 0.6 is 0 Å². The standard InChI is InChI=1S/C15H21N3O4/c1-15(2,3)22-14(21)18-9-7-17(8-10-18)13(20)12-11(19)5-4-6-16-12/h4-6,19H,7-10H2,1-3H3. The molecule has 0 saturated carbocycles. The second-order valence-corrected chi connectivity index (χ2v) is 6.13. The summed E-state index contributed by atoms with van der Waals surface area (Å²) >= 11 is 0. The summed E-state index contributed by atoms with van der Waals surface area (Å²) in [6.07, 6.45) is 1.09. The molecule has 1 N–H and O–H groups in total. The summed E-state index contributed by atoms with van der Waals surface area (Å²) in [6, 6.07) is 2.99. The van der Waals surface area contributed by atoms with E-state index in [4.69, 9.17) is 4.74 Å². The minimum absolute atomic E-state index is 0.0354. The minimum Gasteiger partial charge on any atom is -0.505 e. The maximum absolute atomic E-state index is 12.3. The molecule has 0 atom stereocenters. The highest BCUT2D eigenvalue weighted by Gasteiger charge is 2.29. The van der Waals surface area contributed by atoms with Crippen LogP contribution in [0.1, 0.15) is 31.3 Å². The number of piperazine rings is 1. The topological polar surface area (TPSA) is 83.0 Å². The zero-order chi connectivity index (χ0) is 16.3. The van der Waals surface area contributed by atoms with Gasteiger partial charge in [-0.2, -0.15) is 0 Å². The molecule has 120 valence electrons. The van der Waals surface area contributed by atoms with Gasteiger partial charge in [-0.15, -0.1) is 0 Å². The maximum atomic E-state index is 12.3. The normalized spacial score (nSPS) is 15.6. The zero-order valence-electron chi connectivity index (χ0n) is 13.1. The number of hydrogen-bond acceptors (Lipinski definition) is 5. The van der Waals surface area contributed by atoms with Crippen LogP contribution in [0.15, 0.2) is 18.3 Å². The molecule has 7 nitrogen and oxygen atoms in total. The zero-order valence-corrected chi connectivity index (χ0v) is 13.1. The average molecular weight is 307 g/mol. The molecule has 0 bridgehead atoms. The van der Waals surface area contributed by atoms with Crippen molar-refractivity contribution in [3.8, 4) is 5.75 Å². The molecular weight excluding hydrogens is 286 g/mol. The number of rotatable bonds is 1. The highest BCUT2D eigenvalue weighted by Crippen LogP contribution is 2.17. The molecule has 7 heteroatoms. The van der Waals surface area contributed by atoms with Gasteiger partial charge in [0.2, 0.25) is 0 Å². The fraction of sp³-hybridized carbons (Fsp3) is 0.533. The van der Waals surface area contributed by atoms with E-state index in [9.17, 15) is 14.7 Å². The predicted octanol–water partition coefficient (Wildman–Crippen LogP) is 1.48. The van der Waals surface area contributed by atoms with Crippen molar-refractivity contribution < 1.29 is 19.4 Å². The predicted molar refractivity (Wildman–Crippen MR) is 79.6 cm³/mol. The van der Waals surface area contributed by atoms with Crippen LogP contribution < -0.4 is 0 Å². The number of amides is 2. The highest BCUT2D eigenvalue weighted by atomic mass is 16.6. The first kappa shape index (κ1) is 16.1. The summed E-state index contributed by atoms with van der Waals surface area (Å²) in [5.41, 5.74) is -0.503. The smallest absolute Gasteiger partial charge is 0.410 e. The van der Waals surface area contributed by atoms with E-state index in [1.54, 1.807) is 15.9 Å². The molecule has 1 aliphatic rings. The molecule has 0 aliphatic carbocycles. The molecule has 0 unspecified atom stereocenters. The number of ether oxygens (including phenoxy) is 1. The SMILES string of the molecule is CC(C)(C)OC(=O)N1CCN(C(=O)c2ncccc2O)CC1. The summed E-state index contributed by atoms with van der Waals surface area (Å²) in [7, 11) is 0. The lowest BCUT2D eigenvalue weighted by atomic mass is 10.2. The molecule has 1 aliphatic heterocycles. The van der Waals surface area contributed by atoms with Gasteiger partial charge in [-0.3, -0.25) is 4.79 Å². The van der Waals surface area contributed by atoms with Crippen LogP contribution in [0.3, 0.4) is 0 Å². The third-order valence-corrected chi connectivity index (χ3v) is 3.21. The molecule has 0 aromatic carbocycles. The van der Waals surface area contributed by atoms with Gasteiger partial charge in [-0.25, -0.2) is 9.78 Å². The van der Waals surface area contributed by atoms with E-state index in [1.807, 2.05) is 20.8 Å². The summed E-state index contributed by atoms with van der Waals surface area (Å²) in [6.45, 7) is 7.00. The number of hydrogen-bond donors (Lipinski definition) is 1. The Morgan fingerprint density at radius 3 is 2.32 bits per heavy atom. The van der Waals surface area contributed by atoms with E-state index in [0.29, 0.717) is 26.2 Å². The van der Waals surface area contributed by atoms with Gasteiger partial charge in [0, 0.05) is 32.4 Å². The molecule has 2 amide bonds. The summed E-state index contributed by atoms with van der Waals surface area (Å²) < 4.78 is 5.31. The van der Waals surface area contributed by atoms with Crippen molar-refractivity contribution in [1.82, 2.24) is 14.8 Å². The first-order valence-corrected chi connectivity index (χ1v) is 7.19. The maximum Gasteiger partial charge on any atom is 0.410 e. The van der Waals surface area contributed by atoms with Gasteiger partial charge in [0.1, 0.15) is 11.4 Å². The third-order valence-electron chi connectivity index (χ3n) is 3.21. The first-order valence-electron chi connectivity index (χ1n) is 7.19. The molecule has 1 aromatic heterocycles. The lowest BCUT2D eigenvalue weighted by molar-refractivity contribution is 0.0139. The Balaban J connectivity index is 1.94. The third kappa shape index (κ3) is 3.87. The first-order chi connectivity index (χ1) is 10.3. The highest BCUT2D eigenvalue weighted by molar-refractivity contribution is 5.94. The molecule has 1 fully saturated rings. The Kier molecular flexibility index (Phi) is 4.54. The molecule has 1 saturated heterocycles. The van der Waals surface area contributed by atoms with Gasteiger partial charge >= 0.3 is 6.09 Å². The lowest BCUT2D eigenvalue weighted by Gasteiger charge is -2.35. The van der Waals surface area contributed by atoms with E-state index < -0.39 is 5.60 Å². The quantitative estimate of drug-likeness (QED) is 0.849. The van der Waals surface area contributed by atoms with Crippen LogP contribution in [0.5, 0.6) is 5.75 Å². The van der Waals surface area contributed by atoms with Gasteiger partial charge in [0.05, 0.1) is 0 Å². The molecule has 0 radical (unpaired) electrons. The molecule has 2 heterocycles. The van der Waals surface area contributed by atoms with Gasteiger partial charge in [0.25, 0.3) is 5.91 Å². The second kappa shape index (κ2) is 6.21. The Hall–Kier alpha value is -2.31. The summed E-state index contributed by atoms with van der Waals surface area (Å²) in [5.74, 6) is -0.469. The fourth-order valence-electron chi connectivity index (χ4n) is 2.13.